The summed E-state index contributed by atoms with van der Waals surface area (Å²) in [5, 5.41) is 10.4. The SMILES string of the molecule is Cc1cccc(N2C(N)=C(C#N)C(c3cc(COc4ccccc4Br)c(C)cc3C)C3=C2CCCC3=O)c1. The molecule has 1 atom stereocenters. The van der Waals surface area contributed by atoms with Gasteiger partial charge >= 0.3 is 0 Å². The maximum Gasteiger partial charge on any atom is 0.161 e. The van der Waals surface area contributed by atoms with Crippen LogP contribution in [0.2, 0.25) is 0 Å². The van der Waals surface area contributed by atoms with Crippen molar-refractivity contribution in [3.8, 4) is 11.8 Å². The van der Waals surface area contributed by atoms with Crippen LogP contribution in [-0.4, -0.2) is 5.78 Å². The fourth-order valence-corrected chi connectivity index (χ4v) is 5.96. The molecule has 1 unspecified atom stereocenters. The number of ketones is 1. The van der Waals surface area contributed by atoms with Gasteiger partial charge in [-0.15, -0.1) is 0 Å². The lowest BCUT2D eigenvalue weighted by atomic mass is 9.74. The highest BCUT2D eigenvalue weighted by atomic mass is 79.9. The molecule has 3 aromatic rings. The van der Waals surface area contributed by atoms with E-state index in [4.69, 9.17) is 10.5 Å². The molecular formula is C32H30BrN3O2. The quantitative estimate of drug-likeness (QED) is 0.351. The maximum absolute atomic E-state index is 13.5. The summed E-state index contributed by atoms with van der Waals surface area (Å²) in [6.07, 6.45) is 1.96. The molecule has 0 amide bonds. The summed E-state index contributed by atoms with van der Waals surface area (Å²) in [7, 11) is 0. The van der Waals surface area contributed by atoms with E-state index in [-0.39, 0.29) is 5.78 Å². The van der Waals surface area contributed by atoms with E-state index in [1.807, 2.05) is 67.3 Å². The molecule has 6 heteroatoms. The predicted octanol–water partition coefficient (Wildman–Crippen LogP) is 7.26. The highest BCUT2D eigenvalue weighted by Crippen LogP contribution is 2.47. The number of allylic oxidation sites excluding steroid dienone is 3. The zero-order valence-corrected chi connectivity index (χ0v) is 23.4. The first-order valence-electron chi connectivity index (χ1n) is 12.8. The predicted molar refractivity (Wildman–Crippen MR) is 153 cm³/mol. The largest absolute Gasteiger partial charge is 0.488 e. The minimum Gasteiger partial charge on any atom is -0.488 e. The molecule has 1 aliphatic heterocycles. The number of ether oxygens (including phenoxy) is 1. The lowest BCUT2D eigenvalue weighted by Crippen LogP contribution is -2.39. The van der Waals surface area contributed by atoms with Gasteiger partial charge < -0.3 is 10.5 Å². The number of rotatable bonds is 5. The summed E-state index contributed by atoms with van der Waals surface area (Å²) < 4.78 is 7.03. The van der Waals surface area contributed by atoms with E-state index in [0.717, 1.165) is 62.3 Å². The zero-order chi connectivity index (χ0) is 27.0. The van der Waals surface area contributed by atoms with Crippen molar-refractivity contribution in [2.75, 3.05) is 4.90 Å². The number of nitrogens with two attached hydrogens (primary N) is 1. The number of nitriles is 1. The zero-order valence-electron chi connectivity index (χ0n) is 21.8. The van der Waals surface area contributed by atoms with Gasteiger partial charge in [-0.05, 0) is 102 Å². The highest BCUT2D eigenvalue weighted by molar-refractivity contribution is 9.10. The Morgan fingerprint density at radius 3 is 2.58 bits per heavy atom. The van der Waals surface area contributed by atoms with Gasteiger partial charge in [0, 0.05) is 23.4 Å². The van der Waals surface area contributed by atoms with Gasteiger partial charge in [-0.1, -0.05) is 36.4 Å². The van der Waals surface area contributed by atoms with Crippen LogP contribution >= 0.6 is 15.9 Å². The van der Waals surface area contributed by atoms with Crippen molar-refractivity contribution in [3.05, 3.63) is 116 Å². The minimum absolute atomic E-state index is 0.0835. The average Bonchev–Trinajstić information content (AvgIpc) is 2.89. The van der Waals surface area contributed by atoms with Crippen LogP contribution in [0.4, 0.5) is 5.69 Å². The second kappa shape index (κ2) is 10.5. The molecule has 1 heterocycles. The highest BCUT2D eigenvalue weighted by Gasteiger charge is 2.41. The molecule has 1 aliphatic carbocycles. The Kier molecular flexibility index (Phi) is 7.14. The van der Waals surface area contributed by atoms with Crippen LogP contribution in [0, 0.1) is 32.1 Å². The Hall–Kier alpha value is -3.82. The molecule has 0 saturated heterocycles. The van der Waals surface area contributed by atoms with Gasteiger partial charge in [0.05, 0.1) is 22.0 Å². The number of carbonyl (C=O) groups excluding carboxylic acids is 1. The number of hydrogen-bond donors (Lipinski definition) is 1. The molecule has 0 aromatic heterocycles. The number of nitrogens with zero attached hydrogens (tertiary/aromatic N) is 2. The van der Waals surface area contributed by atoms with Gasteiger partial charge in [-0.2, -0.15) is 5.26 Å². The van der Waals surface area contributed by atoms with Gasteiger partial charge in [0.2, 0.25) is 0 Å². The van der Waals surface area contributed by atoms with Gasteiger partial charge in [0.15, 0.2) is 5.78 Å². The van der Waals surface area contributed by atoms with E-state index in [1.165, 1.54) is 0 Å². The van der Waals surface area contributed by atoms with E-state index in [2.05, 4.69) is 41.1 Å². The van der Waals surface area contributed by atoms with Crippen molar-refractivity contribution in [2.24, 2.45) is 5.73 Å². The van der Waals surface area contributed by atoms with Crippen molar-refractivity contribution in [3.63, 3.8) is 0 Å². The first kappa shape index (κ1) is 25.8. The van der Waals surface area contributed by atoms with Crippen LogP contribution in [0.3, 0.4) is 0 Å². The molecule has 0 bridgehead atoms. The Bertz CT molecular complexity index is 1550. The first-order valence-corrected chi connectivity index (χ1v) is 13.6. The third kappa shape index (κ3) is 4.63. The van der Waals surface area contributed by atoms with Crippen LogP contribution in [0.5, 0.6) is 5.75 Å². The summed E-state index contributed by atoms with van der Waals surface area (Å²) in [4.78, 5) is 15.5. The van der Waals surface area contributed by atoms with Crippen molar-refractivity contribution in [1.29, 1.82) is 5.26 Å². The fourth-order valence-electron chi connectivity index (χ4n) is 5.56. The first-order chi connectivity index (χ1) is 18.3. The average molecular weight is 569 g/mol. The van der Waals surface area contributed by atoms with Gasteiger partial charge in [-0.3, -0.25) is 9.69 Å². The lowest BCUT2D eigenvalue weighted by Gasteiger charge is -2.40. The molecule has 5 rings (SSSR count). The second-order valence-electron chi connectivity index (χ2n) is 10.0. The summed E-state index contributed by atoms with van der Waals surface area (Å²) in [5.74, 6) is 0.726. The van der Waals surface area contributed by atoms with E-state index in [0.29, 0.717) is 30.0 Å². The van der Waals surface area contributed by atoms with E-state index >= 15 is 0 Å². The van der Waals surface area contributed by atoms with Crippen molar-refractivity contribution in [1.82, 2.24) is 0 Å². The molecule has 5 nitrogen and oxygen atoms in total. The smallest absolute Gasteiger partial charge is 0.161 e. The van der Waals surface area contributed by atoms with Crippen LogP contribution in [0.15, 0.2) is 87.8 Å². The number of para-hydroxylation sites is 1. The van der Waals surface area contributed by atoms with E-state index in [1.54, 1.807) is 0 Å². The Labute approximate surface area is 232 Å². The molecule has 38 heavy (non-hydrogen) atoms. The van der Waals surface area contributed by atoms with E-state index < -0.39 is 5.92 Å². The normalized spacial score (nSPS) is 17.4. The molecule has 2 N–H and O–H groups in total. The molecular weight excluding hydrogens is 538 g/mol. The number of benzene rings is 3. The molecule has 0 spiro atoms. The number of halogens is 1. The van der Waals surface area contributed by atoms with E-state index in [9.17, 15) is 10.1 Å². The van der Waals surface area contributed by atoms with Gasteiger partial charge in [0.1, 0.15) is 18.2 Å². The third-order valence-corrected chi connectivity index (χ3v) is 8.08. The monoisotopic (exact) mass is 567 g/mol. The second-order valence-corrected chi connectivity index (χ2v) is 10.9. The number of Topliss-reactive ketones (excluding diaryl/α,β-unsaturated/α-hetero) is 1. The van der Waals surface area contributed by atoms with Crippen LogP contribution in [0.25, 0.3) is 0 Å². The van der Waals surface area contributed by atoms with Crippen LogP contribution in [0.1, 0.15) is 53.0 Å². The molecule has 192 valence electrons. The fraction of sp³-hybridized carbons (Fsp3) is 0.250. The number of aryl methyl sites for hydroxylation is 3. The third-order valence-electron chi connectivity index (χ3n) is 7.43. The summed E-state index contributed by atoms with van der Waals surface area (Å²) in [6.45, 7) is 6.48. The Morgan fingerprint density at radius 1 is 1.05 bits per heavy atom. The van der Waals surface area contributed by atoms with Gasteiger partial charge in [0.25, 0.3) is 0 Å². The van der Waals surface area contributed by atoms with Crippen LogP contribution < -0.4 is 15.4 Å². The summed E-state index contributed by atoms with van der Waals surface area (Å²) in [5.41, 5.74) is 14.8. The molecule has 0 radical (unpaired) electrons. The molecule has 2 aliphatic rings. The molecule has 3 aromatic carbocycles. The number of carbonyl (C=O) groups is 1. The number of anilines is 1. The summed E-state index contributed by atoms with van der Waals surface area (Å²) in [6, 6.07) is 22.4. The maximum atomic E-state index is 13.5. The standard InChI is InChI=1S/C32H30BrN3O2/c1-19-8-6-9-23(14-19)36-27-11-7-12-28(37)31(27)30(25(17-34)32(36)35)24-16-22(20(2)15-21(24)3)18-38-29-13-5-4-10-26(29)33/h4-6,8-10,13-16,30H,7,11-12,18,35H2,1-3H3. The summed E-state index contributed by atoms with van der Waals surface area (Å²) >= 11 is 3.55. The molecule has 0 saturated carbocycles. The Balaban J connectivity index is 1.64. The Morgan fingerprint density at radius 2 is 1.84 bits per heavy atom. The van der Waals surface area contributed by atoms with Crippen molar-refractivity contribution >= 4 is 27.4 Å². The van der Waals surface area contributed by atoms with Crippen LogP contribution in [-0.2, 0) is 11.4 Å². The topological polar surface area (TPSA) is 79.3 Å². The van der Waals surface area contributed by atoms with Crippen molar-refractivity contribution < 1.29 is 9.53 Å². The van der Waals surface area contributed by atoms with Gasteiger partial charge in [-0.25, -0.2) is 0 Å². The lowest BCUT2D eigenvalue weighted by molar-refractivity contribution is -0.116. The minimum atomic E-state index is -0.508. The van der Waals surface area contributed by atoms with Crippen molar-refractivity contribution in [2.45, 2.75) is 52.6 Å². The number of hydrogen-bond acceptors (Lipinski definition) is 5. The molecule has 0 fully saturated rings.